The molecule has 1 amide bonds. The van der Waals surface area contributed by atoms with Crippen LogP contribution in [0.15, 0.2) is 0 Å². The first-order chi connectivity index (χ1) is 8.93. The first-order valence-electron chi connectivity index (χ1n) is 6.92. The summed E-state index contributed by atoms with van der Waals surface area (Å²) in [6, 6.07) is -0.0444. The van der Waals surface area contributed by atoms with Crippen LogP contribution < -0.4 is 5.73 Å². The molecule has 1 saturated carbocycles. The lowest BCUT2D eigenvalue weighted by Crippen LogP contribution is -2.55. The van der Waals surface area contributed by atoms with Crippen molar-refractivity contribution in [2.75, 3.05) is 32.7 Å². The summed E-state index contributed by atoms with van der Waals surface area (Å²) in [7, 11) is 0. The van der Waals surface area contributed by atoms with E-state index in [1.54, 1.807) is 0 Å². The molecule has 0 spiro atoms. The first-order valence-corrected chi connectivity index (χ1v) is 6.92. The van der Waals surface area contributed by atoms with Gasteiger partial charge in [-0.25, -0.2) is 0 Å². The third-order valence-corrected chi connectivity index (χ3v) is 4.54. The summed E-state index contributed by atoms with van der Waals surface area (Å²) in [5.41, 5.74) is 5.66. The van der Waals surface area contributed by atoms with Crippen molar-refractivity contribution in [3.8, 4) is 0 Å². The van der Waals surface area contributed by atoms with Gasteiger partial charge in [-0.2, -0.15) is 0 Å². The quantitative estimate of drug-likeness (QED) is 0.736. The van der Waals surface area contributed by atoms with Gasteiger partial charge in [-0.05, 0) is 19.8 Å². The Hall–Kier alpha value is -1.14. The zero-order valence-electron chi connectivity index (χ0n) is 11.5. The molecule has 6 heteroatoms. The average Bonchev–Trinajstić information content (AvgIpc) is 2.70. The van der Waals surface area contributed by atoms with Gasteiger partial charge >= 0.3 is 5.97 Å². The molecule has 2 atom stereocenters. The molecule has 0 aromatic carbocycles. The van der Waals surface area contributed by atoms with Gasteiger partial charge in [0.25, 0.3) is 0 Å². The fraction of sp³-hybridized carbons (Fsp3) is 0.846. The van der Waals surface area contributed by atoms with E-state index in [4.69, 9.17) is 10.8 Å². The molecule has 2 fully saturated rings. The first kappa shape index (κ1) is 14.3. The van der Waals surface area contributed by atoms with E-state index in [-0.39, 0.29) is 18.5 Å². The molecule has 0 aromatic heterocycles. The van der Waals surface area contributed by atoms with Gasteiger partial charge in [0.15, 0.2) is 0 Å². The van der Waals surface area contributed by atoms with Gasteiger partial charge in [0, 0.05) is 32.2 Å². The van der Waals surface area contributed by atoms with Crippen LogP contribution in [0.2, 0.25) is 0 Å². The van der Waals surface area contributed by atoms with E-state index in [0.717, 1.165) is 19.3 Å². The number of amides is 1. The van der Waals surface area contributed by atoms with Crippen molar-refractivity contribution in [2.24, 2.45) is 11.1 Å². The number of carbonyl (C=O) groups is 2. The van der Waals surface area contributed by atoms with Crippen molar-refractivity contribution in [3.05, 3.63) is 0 Å². The number of carboxylic acids is 1. The van der Waals surface area contributed by atoms with Gasteiger partial charge in [0.2, 0.25) is 5.91 Å². The van der Waals surface area contributed by atoms with Gasteiger partial charge in [-0.1, -0.05) is 6.42 Å². The molecule has 3 N–H and O–H groups in total. The summed E-state index contributed by atoms with van der Waals surface area (Å²) < 4.78 is 0. The summed E-state index contributed by atoms with van der Waals surface area (Å²) in [6.07, 6.45) is 2.80. The predicted octanol–water partition coefficient (Wildman–Crippen LogP) is -0.267. The van der Waals surface area contributed by atoms with Gasteiger partial charge in [-0.15, -0.1) is 0 Å². The predicted molar refractivity (Wildman–Crippen MR) is 70.6 cm³/mol. The molecular weight excluding hydrogens is 246 g/mol. The maximum atomic E-state index is 12.6. The number of nitrogens with two attached hydrogens (primary N) is 1. The number of aliphatic carboxylic acids is 1. The van der Waals surface area contributed by atoms with E-state index >= 15 is 0 Å². The van der Waals surface area contributed by atoms with Crippen molar-refractivity contribution >= 4 is 11.9 Å². The SMILES string of the molecule is CC1(C(=O)N2CCN(CC(=O)O)CC2)CCCC1N. The Balaban J connectivity index is 1.91. The number of hydrogen-bond acceptors (Lipinski definition) is 4. The summed E-state index contributed by atoms with van der Waals surface area (Å²) in [5, 5.41) is 8.75. The Bertz CT molecular complexity index is 366. The summed E-state index contributed by atoms with van der Waals surface area (Å²) in [6.45, 7) is 4.49. The number of rotatable bonds is 3. The van der Waals surface area contributed by atoms with E-state index in [2.05, 4.69) is 0 Å². The average molecular weight is 269 g/mol. The molecule has 2 aliphatic rings. The second-order valence-corrected chi connectivity index (χ2v) is 5.88. The molecule has 2 rings (SSSR count). The van der Waals surface area contributed by atoms with Crippen LogP contribution in [0.25, 0.3) is 0 Å². The Kier molecular flexibility index (Phi) is 4.10. The Morgan fingerprint density at radius 2 is 1.95 bits per heavy atom. The molecule has 19 heavy (non-hydrogen) atoms. The number of hydrogen-bond donors (Lipinski definition) is 2. The van der Waals surface area contributed by atoms with Crippen LogP contribution in [-0.4, -0.2) is 65.5 Å². The zero-order valence-corrected chi connectivity index (χ0v) is 11.5. The van der Waals surface area contributed by atoms with E-state index in [9.17, 15) is 9.59 Å². The highest BCUT2D eigenvalue weighted by atomic mass is 16.4. The highest BCUT2D eigenvalue weighted by Crippen LogP contribution is 2.38. The lowest BCUT2D eigenvalue weighted by Gasteiger charge is -2.39. The van der Waals surface area contributed by atoms with E-state index in [1.807, 2.05) is 16.7 Å². The Morgan fingerprint density at radius 3 is 2.42 bits per heavy atom. The van der Waals surface area contributed by atoms with E-state index < -0.39 is 11.4 Å². The number of piperazine rings is 1. The molecule has 0 radical (unpaired) electrons. The van der Waals surface area contributed by atoms with Crippen molar-refractivity contribution in [3.63, 3.8) is 0 Å². The maximum absolute atomic E-state index is 12.6. The van der Waals surface area contributed by atoms with Crippen LogP contribution in [0.5, 0.6) is 0 Å². The Labute approximate surface area is 113 Å². The van der Waals surface area contributed by atoms with E-state index in [0.29, 0.717) is 26.2 Å². The van der Waals surface area contributed by atoms with E-state index in [1.165, 1.54) is 0 Å². The summed E-state index contributed by atoms with van der Waals surface area (Å²) in [4.78, 5) is 26.9. The van der Waals surface area contributed by atoms with Crippen molar-refractivity contribution in [1.29, 1.82) is 0 Å². The highest BCUT2D eigenvalue weighted by Gasteiger charge is 2.45. The largest absolute Gasteiger partial charge is 0.480 e. The minimum atomic E-state index is -0.815. The normalized spacial score (nSPS) is 32.5. The van der Waals surface area contributed by atoms with Gasteiger partial charge in [0.05, 0.1) is 12.0 Å². The third-order valence-electron chi connectivity index (χ3n) is 4.54. The fourth-order valence-corrected chi connectivity index (χ4v) is 3.12. The molecule has 6 nitrogen and oxygen atoms in total. The van der Waals surface area contributed by atoms with Crippen molar-refractivity contribution in [1.82, 2.24) is 9.80 Å². The molecule has 0 aromatic rings. The highest BCUT2D eigenvalue weighted by molar-refractivity contribution is 5.83. The number of carbonyl (C=O) groups excluding carboxylic acids is 1. The van der Waals surface area contributed by atoms with Gasteiger partial charge in [0.1, 0.15) is 0 Å². The van der Waals surface area contributed by atoms with Crippen LogP contribution in [0.1, 0.15) is 26.2 Å². The molecule has 1 aliphatic carbocycles. The Morgan fingerprint density at radius 1 is 1.32 bits per heavy atom. The maximum Gasteiger partial charge on any atom is 0.317 e. The van der Waals surface area contributed by atoms with Crippen LogP contribution in [0, 0.1) is 5.41 Å². The summed E-state index contributed by atoms with van der Waals surface area (Å²) in [5.74, 6) is -0.669. The van der Waals surface area contributed by atoms with Crippen LogP contribution in [0.4, 0.5) is 0 Å². The molecular formula is C13H23N3O3. The van der Waals surface area contributed by atoms with Crippen LogP contribution in [-0.2, 0) is 9.59 Å². The fourth-order valence-electron chi connectivity index (χ4n) is 3.12. The smallest absolute Gasteiger partial charge is 0.317 e. The minimum Gasteiger partial charge on any atom is -0.480 e. The second-order valence-electron chi connectivity index (χ2n) is 5.88. The van der Waals surface area contributed by atoms with Crippen LogP contribution >= 0.6 is 0 Å². The molecule has 1 saturated heterocycles. The van der Waals surface area contributed by atoms with Crippen molar-refractivity contribution in [2.45, 2.75) is 32.2 Å². The standard InChI is InChI=1S/C13H23N3O3/c1-13(4-2-3-10(13)14)12(19)16-7-5-15(6-8-16)9-11(17)18/h10H,2-9,14H2,1H3,(H,17,18). The third kappa shape index (κ3) is 2.90. The lowest BCUT2D eigenvalue weighted by molar-refractivity contribution is -0.144. The molecule has 108 valence electrons. The van der Waals surface area contributed by atoms with Gasteiger partial charge in [-0.3, -0.25) is 14.5 Å². The topological polar surface area (TPSA) is 86.9 Å². The van der Waals surface area contributed by atoms with Crippen molar-refractivity contribution < 1.29 is 14.7 Å². The second kappa shape index (κ2) is 5.46. The molecule has 2 unspecified atom stereocenters. The molecule has 1 aliphatic heterocycles. The van der Waals surface area contributed by atoms with Gasteiger partial charge < -0.3 is 15.7 Å². The summed E-state index contributed by atoms with van der Waals surface area (Å²) >= 11 is 0. The minimum absolute atomic E-state index is 0.0444. The number of nitrogens with zero attached hydrogens (tertiary/aromatic N) is 2. The molecule has 0 bridgehead atoms. The molecule has 1 heterocycles. The van der Waals surface area contributed by atoms with Crippen LogP contribution in [0.3, 0.4) is 0 Å². The number of carboxylic acid groups (broad SMARTS) is 1. The monoisotopic (exact) mass is 269 g/mol. The zero-order chi connectivity index (χ0) is 14.0. The lowest BCUT2D eigenvalue weighted by atomic mass is 9.83.